The normalized spacial score (nSPS) is 34.6. The molecule has 0 aromatic rings. The molecule has 4 fully saturated rings. The maximum atomic E-state index is 12.4. The third-order valence-corrected chi connectivity index (χ3v) is 6.93. The van der Waals surface area contributed by atoms with Crippen LogP contribution in [0.4, 0.5) is 0 Å². The number of carbonyl (C=O) groups excluding carboxylic acids is 2. The lowest BCUT2D eigenvalue weighted by Gasteiger charge is -2.59. The van der Waals surface area contributed by atoms with Gasteiger partial charge in [0.25, 0.3) is 0 Å². The van der Waals surface area contributed by atoms with Crippen molar-refractivity contribution in [1.29, 1.82) is 0 Å². The molecule has 4 bridgehead atoms. The molecule has 4 saturated carbocycles. The van der Waals surface area contributed by atoms with Crippen molar-refractivity contribution >= 4 is 11.8 Å². The lowest BCUT2D eigenvalue weighted by atomic mass is 9.48. The number of rotatable bonds is 6. The molecule has 4 rings (SSSR count). The van der Waals surface area contributed by atoms with Crippen molar-refractivity contribution in [1.82, 2.24) is 10.6 Å². The summed E-state index contributed by atoms with van der Waals surface area (Å²) >= 11 is 0. The predicted molar refractivity (Wildman–Crippen MR) is 99.9 cm³/mol. The van der Waals surface area contributed by atoms with Crippen molar-refractivity contribution < 1.29 is 9.59 Å². The van der Waals surface area contributed by atoms with E-state index in [0.29, 0.717) is 24.8 Å². The minimum atomic E-state index is -0.366. The highest BCUT2D eigenvalue weighted by Gasteiger charge is 2.53. The van der Waals surface area contributed by atoms with Gasteiger partial charge in [-0.2, -0.15) is 0 Å². The second-order valence-electron chi connectivity index (χ2n) is 10.2. The van der Waals surface area contributed by atoms with Crippen LogP contribution in [0.5, 0.6) is 0 Å². The van der Waals surface area contributed by atoms with Gasteiger partial charge in [-0.1, -0.05) is 20.8 Å². The van der Waals surface area contributed by atoms with Crippen molar-refractivity contribution in [2.24, 2.45) is 28.6 Å². The zero-order valence-corrected chi connectivity index (χ0v) is 16.5. The lowest BCUT2D eigenvalue weighted by molar-refractivity contribution is -0.129. The Morgan fingerprint density at radius 3 is 2.04 bits per heavy atom. The molecular weight excluding hydrogens is 312 g/mol. The van der Waals surface area contributed by atoms with Gasteiger partial charge in [0, 0.05) is 24.4 Å². The summed E-state index contributed by atoms with van der Waals surface area (Å²) in [5.41, 5.74) is 0.000140. The van der Waals surface area contributed by atoms with Crippen LogP contribution in [0.1, 0.15) is 79.1 Å². The van der Waals surface area contributed by atoms with Gasteiger partial charge in [0.05, 0.1) is 0 Å². The SMILES string of the molecule is CC(NC(=O)CCCNC(=O)C(C)(C)C)C12CC3CC(CC(C3)C1)C2. The fourth-order valence-electron chi connectivity index (χ4n) is 5.89. The standard InChI is InChI=1S/C21H36N2O2/c1-14(21-11-15-8-16(12-21)10-17(9-15)13-21)23-18(24)6-5-7-22-19(25)20(2,3)4/h14-17H,5-13H2,1-4H3,(H,22,25)(H,23,24). The van der Waals surface area contributed by atoms with Crippen LogP contribution in [0.2, 0.25) is 0 Å². The Labute approximate surface area is 152 Å². The topological polar surface area (TPSA) is 58.2 Å². The van der Waals surface area contributed by atoms with Crippen LogP contribution < -0.4 is 10.6 Å². The van der Waals surface area contributed by atoms with E-state index in [-0.39, 0.29) is 23.3 Å². The van der Waals surface area contributed by atoms with Gasteiger partial charge in [0.2, 0.25) is 11.8 Å². The number of carbonyl (C=O) groups is 2. The molecule has 0 aliphatic heterocycles. The van der Waals surface area contributed by atoms with E-state index in [4.69, 9.17) is 0 Å². The molecule has 25 heavy (non-hydrogen) atoms. The van der Waals surface area contributed by atoms with Crippen molar-refractivity contribution in [3.8, 4) is 0 Å². The number of nitrogens with one attached hydrogen (secondary N) is 2. The van der Waals surface area contributed by atoms with Crippen molar-refractivity contribution in [3.05, 3.63) is 0 Å². The van der Waals surface area contributed by atoms with E-state index in [1.54, 1.807) is 0 Å². The first-order chi connectivity index (χ1) is 11.7. The third-order valence-electron chi connectivity index (χ3n) is 6.93. The van der Waals surface area contributed by atoms with Crippen LogP contribution in [0, 0.1) is 28.6 Å². The zero-order chi connectivity index (χ0) is 18.2. The lowest BCUT2D eigenvalue weighted by Crippen LogP contribution is -2.55. The molecule has 1 unspecified atom stereocenters. The van der Waals surface area contributed by atoms with Gasteiger partial charge in [-0.05, 0) is 75.0 Å². The minimum Gasteiger partial charge on any atom is -0.356 e. The second-order valence-corrected chi connectivity index (χ2v) is 10.2. The summed E-state index contributed by atoms with van der Waals surface area (Å²) in [6, 6.07) is 0.289. The average Bonchev–Trinajstić information content (AvgIpc) is 2.49. The fraction of sp³-hybridized carbons (Fsp3) is 0.905. The highest BCUT2D eigenvalue weighted by atomic mass is 16.2. The summed E-state index contributed by atoms with van der Waals surface area (Å²) in [7, 11) is 0. The van der Waals surface area contributed by atoms with Crippen molar-refractivity contribution in [2.45, 2.75) is 85.1 Å². The summed E-state index contributed by atoms with van der Waals surface area (Å²) in [5.74, 6) is 2.94. The molecular formula is C21H36N2O2. The quantitative estimate of drug-likeness (QED) is 0.720. The Balaban J connectivity index is 1.42. The Morgan fingerprint density at radius 2 is 1.56 bits per heavy atom. The summed E-state index contributed by atoms with van der Waals surface area (Å²) in [6.07, 6.45) is 9.49. The molecule has 0 aromatic heterocycles. The van der Waals surface area contributed by atoms with E-state index in [2.05, 4.69) is 17.6 Å². The molecule has 0 spiro atoms. The molecule has 0 saturated heterocycles. The first kappa shape index (κ1) is 18.7. The van der Waals surface area contributed by atoms with Gasteiger partial charge in [-0.25, -0.2) is 0 Å². The van der Waals surface area contributed by atoms with Gasteiger partial charge < -0.3 is 10.6 Å². The van der Waals surface area contributed by atoms with Crippen LogP contribution in [-0.2, 0) is 9.59 Å². The van der Waals surface area contributed by atoms with Crippen LogP contribution in [0.15, 0.2) is 0 Å². The summed E-state index contributed by atoms with van der Waals surface area (Å²) in [6.45, 7) is 8.52. The monoisotopic (exact) mass is 348 g/mol. The first-order valence-electron chi connectivity index (χ1n) is 10.3. The Hall–Kier alpha value is -1.06. The highest BCUT2D eigenvalue weighted by molar-refractivity contribution is 5.81. The molecule has 4 heteroatoms. The Bertz CT molecular complexity index is 485. The molecule has 1 atom stereocenters. The van der Waals surface area contributed by atoms with Crippen LogP contribution in [-0.4, -0.2) is 24.4 Å². The molecule has 0 radical (unpaired) electrons. The van der Waals surface area contributed by atoms with Crippen LogP contribution >= 0.6 is 0 Å². The van der Waals surface area contributed by atoms with E-state index < -0.39 is 0 Å². The number of hydrogen-bond donors (Lipinski definition) is 2. The van der Waals surface area contributed by atoms with E-state index in [1.807, 2.05) is 20.8 Å². The Morgan fingerprint density at radius 1 is 1.04 bits per heavy atom. The van der Waals surface area contributed by atoms with Crippen molar-refractivity contribution in [3.63, 3.8) is 0 Å². The van der Waals surface area contributed by atoms with Crippen LogP contribution in [0.3, 0.4) is 0 Å². The second kappa shape index (κ2) is 6.92. The maximum absolute atomic E-state index is 12.4. The largest absolute Gasteiger partial charge is 0.356 e. The van der Waals surface area contributed by atoms with Gasteiger partial charge in [0.15, 0.2) is 0 Å². The summed E-state index contributed by atoms with van der Waals surface area (Å²) in [5, 5.41) is 6.22. The van der Waals surface area contributed by atoms with Crippen LogP contribution in [0.25, 0.3) is 0 Å². The minimum absolute atomic E-state index is 0.0508. The molecule has 0 aromatic carbocycles. The number of amides is 2. The molecule has 142 valence electrons. The third kappa shape index (κ3) is 4.20. The average molecular weight is 349 g/mol. The first-order valence-corrected chi connectivity index (χ1v) is 10.3. The molecule has 2 amide bonds. The van der Waals surface area contributed by atoms with Gasteiger partial charge >= 0.3 is 0 Å². The van der Waals surface area contributed by atoms with Crippen molar-refractivity contribution in [2.75, 3.05) is 6.54 Å². The smallest absolute Gasteiger partial charge is 0.225 e. The van der Waals surface area contributed by atoms with E-state index in [0.717, 1.165) is 17.8 Å². The number of hydrogen-bond acceptors (Lipinski definition) is 2. The molecule has 4 aliphatic rings. The van der Waals surface area contributed by atoms with E-state index in [9.17, 15) is 9.59 Å². The molecule has 4 nitrogen and oxygen atoms in total. The maximum Gasteiger partial charge on any atom is 0.225 e. The Kier molecular flexibility index (Phi) is 5.18. The van der Waals surface area contributed by atoms with Gasteiger partial charge in [-0.3, -0.25) is 9.59 Å². The van der Waals surface area contributed by atoms with Gasteiger partial charge in [-0.15, -0.1) is 0 Å². The van der Waals surface area contributed by atoms with Gasteiger partial charge in [0.1, 0.15) is 0 Å². The summed E-state index contributed by atoms with van der Waals surface area (Å²) in [4.78, 5) is 24.2. The predicted octanol–water partition coefficient (Wildman–Crippen LogP) is 3.65. The van der Waals surface area contributed by atoms with E-state index >= 15 is 0 Å². The zero-order valence-electron chi connectivity index (χ0n) is 16.5. The van der Waals surface area contributed by atoms with E-state index in [1.165, 1.54) is 38.5 Å². The highest BCUT2D eigenvalue weighted by Crippen LogP contribution is 2.61. The summed E-state index contributed by atoms with van der Waals surface area (Å²) < 4.78 is 0. The fourth-order valence-corrected chi connectivity index (χ4v) is 5.89. The molecule has 2 N–H and O–H groups in total. The molecule has 4 aliphatic carbocycles. The molecule has 0 heterocycles.